The first-order valence-corrected chi connectivity index (χ1v) is 15.7. The van der Waals surface area contributed by atoms with E-state index in [0.29, 0.717) is 22.9 Å². The summed E-state index contributed by atoms with van der Waals surface area (Å²) in [4.78, 5) is 56.6. The van der Waals surface area contributed by atoms with E-state index in [9.17, 15) is 19.2 Å². The quantitative estimate of drug-likeness (QED) is 0.195. The van der Waals surface area contributed by atoms with Crippen molar-refractivity contribution >= 4 is 35.0 Å². The number of hydrogen-bond donors (Lipinski definition) is 2. The van der Waals surface area contributed by atoms with Crippen molar-refractivity contribution in [3.05, 3.63) is 120 Å². The van der Waals surface area contributed by atoms with Crippen LogP contribution in [0.4, 0.5) is 11.4 Å². The van der Waals surface area contributed by atoms with Gasteiger partial charge in [-0.2, -0.15) is 0 Å². The minimum Gasteiger partial charge on any atom is -0.497 e. The van der Waals surface area contributed by atoms with E-state index in [-0.39, 0.29) is 37.5 Å². The van der Waals surface area contributed by atoms with E-state index < -0.39 is 23.9 Å². The van der Waals surface area contributed by atoms with Crippen molar-refractivity contribution in [1.82, 2.24) is 10.6 Å². The lowest BCUT2D eigenvalue weighted by atomic mass is 10.0. The maximum Gasteiger partial charge on any atom is 0.249 e. The number of carbonyl (C=O) groups is 4. The third kappa shape index (κ3) is 9.93. The maximum absolute atomic E-state index is 13.6. The number of anilines is 2. The fraction of sp³-hybridized carbons (Fsp3) is 0.263. The Morgan fingerprint density at radius 2 is 0.875 bits per heavy atom. The first-order valence-electron chi connectivity index (χ1n) is 15.7. The van der Waals surface area contributed by atoms with Gasteiger partial charge >= 0.3 is 0 Å². The third-order valence-corrected chi connectivity index (χ3v) is 7.99. The lowest BCUT2D eigenvalue weighted by molar-refractivity contribution is -0.130. The molecule has 0 saturated heterocycles. The Kier molecular flexibility index (Phi) is 12.7. The van der Waals surface area contributed by atoms with Crippen LogP contribution < -0.4 is 29.9 Å². The molecule has 4 aromatic rings. The monoisotopic (exact) mass is 650 g/mol. The van der Waals surface area contributed by atoms with Crippen LogP contribution in [0.15, 0.2) is 109 Å². The fourth-order valence-electron chi connectivity index (χ4n) is 5.19. The van der Waals surface area contributed by atoms with Gasteiger partial charge in [0.2, 0.25) is 23.6 Å². The molecule has 0 aliphatic heterocycles. The molecule has 4 rings (SSSR count). The molecule has 0 fully saturated rings. The van der Waals surface area contributed by atoms with Crippen LogP contribution in [0.1, 0.15) is 24.0 Å². The minimum absolute atomic E-state index is 0.169. The number of ether oxygens (including phenoxy) is 2. The standard InChI is InChI=1S/C38H42N4O6/c1-41(29-15-19-31(47-3)20-16-29)37(45)33(25-27-11-7-5-8-12-27)39-35(43)23-24-36(44)40-34(26-28-13-9-6-10-14-28)38(46)42(2)30-17-21-32(48-4)22-18-30/h5-22,33-34H,23-26H2,1-4H3,(H,39,43)(H,40,44)/t33-,34-/m0/s1. The van der Waals surface area contributed by atoms with Crippen LogP contribution in [-0.2, 0) is 32.0 Å². The van der Waals surface area contributed by atoms with Gasteiger partial charge in [0.15, 0.2) is 0 Å². The third-order valence-electron chi connectivity index (χ3n) is 7.99. The second-order valence-corrected chi connectivity index (χ2v) is 11.3. The first kappa shape index (κ1) is 35.2. The van der Waals surface area contributed by atoms with Crippen molar-refractivity contribution in [2.24, 2.45) is 0 Å². The van der Waals surface area contributed by atoms with Gasteiger partial charge in [0.25, 0.3) is 0 Å². The minimum atomic E-state index is -0.874. The Labute approximate surface area is 281 Å². The van der Waals surface area contributed by atoms with Crippen LogP contribution >= 0.6 is 0 Å². The normalized spacial score (nSPS) is 11.8. The molecule has 4 aromatic carbocycles. The number of hydrogen-bond acceptors (Lipinski definition) is 6. The molecular formula is C38H42N4O6. The largest absolute Gasteiger partial charge is 0.497 e. The first-order chi connectivity index (χ1) is 23.2. The van der Waals surface area contributed by atoms with Crippen LogP contribution in [0.2, 0.25) is 0 Å². The van der Waals surface area contributed by atoms with E-state index in [1.165, 1.54) is 9.80 Å². The molecule has 0 unspecified atom stereocenters. The zero-order valence-corrected chi connectivity index (χ0v) is 27.7. The number of carbonyl (C=O) groups excluding carboxylic acids is 4. The van der Waals surface area contributed by atoms with Crippen LogP contribution in [-0.4, -0.2) is 64.0 Å². The summed E-state index contributed by atoms with van der Waals surface area (Å²) in [5.74, 6) is -0.208. The summed E-state index contributed by atoms with van der Waals surface area (Å²) in [6, 6.07) is 31.1. The molecule has 0 heterocycles. The number of benzene rings is 4. The summed E-state index contributed by atoms with van der Waals surface area (Å²) < 4.78 is 10.4. The number of rotatable bonds is 15. The molecule has 0 bridgehead atoms. The summed E-state index contributed by atoms with van der Waals surface area (Å²) in [5.41, 5.74) is 3.03. The highest BCUT2D eigenvalue weighted by Gasteiger charge is 2.28. The SMILES string of the molecule is COc1ccc(N(C)C(=O)[C@H](Cc2ccccc2)NC(=O)CCC(=O)N[C@@H](Cc2ccccc2)C(=O)N(C)c2ccc(OC)cc2)cc1. The summed E-state index contributed by atoms with van der Waals surface area (Å²) in [5, 5.41) is 5.68. The van der Waals surface area contributed by atoms with Crippen LogP contribution in [0.25, 0.3) is 0 Å². The average molecular weight is 651 g/mol. The topological polar surface area (TPSA) is 117 Å². The Hall–Kier alpha value is -5.64. The number of amides is 4. The molecule has 2 atom stereocenters. The van der Waals surface area contributed by atoms with Crippen LogP contribution in [0.5, 0.6) is 11.5 Å². The second-order valence-electron chi connectivity index (χ2n) is 11.3. The van der Waals surface area contributed by atoms with E-state index in [1.807, 2.05) is 60.7 Å². The van der Waals surface area contributed by atoms with E-state index in [4.69, 9.17) is 9.47 Å². The molecule has 4 amide bonds. The average Bonchev–Trinajstić information content (AvgIpc) is 3.13. The molecule has 250 valence electrons. The second kappa shape index (κ2) is 17.3. The highest BCUT2D eigenvalue weighted by molar-refractivity contribution is 6.00. The van der Waals surface area contributed by atoms with Gasteiger partial charge in [-0.25, -0.2) is 0 Å². The summed E-state index contributed by atoms with van der Waals surface area (Å²) in [7, 11) is 6.43. The highest BCUT2D eigenvalue weighted by Crippen LogP contribution is 2.21. The Morgan fingerprint density at radius 3 is 1.19 bits per heavy atom. The van der Waals surface area contributed by atoms with Gasteiger partial charge in [-0.3, -0.25) is 19.2 Å². The van der Waals surface area contributed by atoms with Crippen molar-refractivity contribution in [3.63, 3.8) is 0 Å². The maximum atomic E-state index is 13.6. The molecule has 0 aliphatic rings. The lowest BCUT2D eigenvalue weighted by Gasteiger charge is -2.26. The van der Waals surface area contributed by atoms with Crippen LogP contribution in [0, 0.1) is 0 Å². The van der Waals surface area contributed by atoms with E-state index in [2.05, 4.69) is 10.6 Å². The van der Waals surface area contributed by atoms with Gasteiger partial charge in [-0.1, -0.05) is 60.7 Å². The van der Waals surface area contributed by atoms with Gasteiger partial charge in [0, 0.05) is 51.2 Å². The molecule has 0 spiro atoms. The molecule has 0 saturated carbocycles. The summed E-state index contributed by atoms with van der Waals surface area (Å²) >= 11 is 0. The molecule has 10 heteroatoms. The predicted molar refractivity (Wildman–Crippen MR) is 186 cm³/mol. The van der Waals surface area contributed by atoms with Crippen molar-refractivity contribution < 1.29 is 28.7 Å². The van der Waals surface area contributed by atoms with Crippen LogP contribution in [0.3, 0.4) is 0 Å². The Balaban J connectivity index is 1.42. The highest BCUT2D eigenvalue weighted by atomic mass is 16.5. The molecule has 0 radical (unpaired) electrons. The molecule has 10 nitrogen and oxygen atoms in total. The molecule has 0 aliphatic carbocycles. The Morgan fingerprint density at radius 1 is 0.542 bits per heavy atom. The zero-order chi connectivity index (χ0) is 34.5. The van der Waals surface area contributed by atoms with Crippen molar-refractivity contribution in [2.45, 2.75) is 37.8 Å². The van der Waals surface area contributed by atoms with Crippen molar-refractivity contribution in [3.8, 4) is 11.5 Å². The fourth-order valence-corrected chi connectivity index (χ4v) is 5.19. The van der Waals surface area contributed by atoms with E-state index in [1.54, 1.807) is 76.8 Å². The van der Waals surface area contributed by atoms with Gasteiger partial charge in [-0.05, 0) is 59.7 Å². The van der Waals surface area contributed by atoms with Gasteiger partial charge < -0.3 is 29.9 Å². The van der Waals surface area contributed by atoms with E-state index in [0.717, 1.165) is 11.1 Å². The summed E-state index contributed by atoms with van der Waals surface area (Å²) in [6.07, 6.45) is 0.196. The lowest BCUT2D eigenvalue weighted by Crippen LogP contribution is -2.50. The molecule has 48 heavy (non-hydrogen) atoms. The molecule has 2 N–H and O–H groups in total. The van der Waals surface area contributed by atoms with Crippen molar-refractivity contribution in [2.75, 3.05) is 38.1 Å². The number of methoxy groups -OCH3 is 2. The number of nitrogens with one attached hydrogen (secondary N) is 2. The molecular weight excluding hydrogens is 608 g/mol. The Bertz CT molecular complexity index is 1520. The van der Waals surface area contributed by atoms with Gasteiger partial charge in [0.05, 0.1) is 14.2 Å². The molecule has 0 aromatic heterocycles. The predicted octanol–water partition coefficient (Wildman–Crippen LogP) is 4.56. The number of likely N-dealkylation sites (N-methyl/N-ethyl adjacent to an activating group) is 2. The van der Waals surface area contributed by atoms with Crippen molar-refractivity contribution in [1.29, 1.82) is 0 Å². The van der Waals surface area contributed by atoms with Gasteiger partial charge in [-0.15, -0.1) is 0 Å². The zero-order valence-electron chi connectivity index (χ0n) is 27.7. The number of nitrogens with zero attached hydrogens (tertiary/aromatic N) is 2. The van der Waals surface area contributed by atoms with Gasteiger partial charge in [0.1, 0.15) is 23.6 Å². The smallest absolute Gasteiger partial charge is 0.249 e. The van der Waals surface area contributed by atoms with E-state index >= 15 is 0 Å². The summed E-state index contributed by atoms with van der Waals surface area (Å²) in [6.45, 7) is 0.